The fourth-order valence-corrected chi connectivity index (χ4v) is 4.50. The summed E-state index contributed by atoms with van der Waals surface area (Å²) in [5.41, 5.74) is -0.612. The molecule has 3 heteroatoms. The van der Waals surface area contributed by atoms with Gasteiger partial charge in [0.25, 0.3) is 0 Å². The summed E-state index contributed by atoms with van der Waals surface area (Å²) in [4.78, 5) is 0. The maximum Gasteiger partial charge on any atom is 0.0719 e. The van der Waals surface area contributed by atoms with E-state index in [1.54, 1.807) is 0 Å². The summed E-state index contributed by atoms with van der Waals surface area (Å²) < 4.78 is 121. The Balaban J connectivity index is 2.08. The van der Waals surface area contributed by atoms with Crippen molar-refractivity contribution >= 4 is 69.2 Å². The molecule has 0 aliphatic rings. The first-order valence-electron chi connectivity index (χ1n) is 14.8. The van der Waals surface area contributed by atoms with Crippen LogP contribution in [0.25, 0.3) is 47.7 Å². The van der Waals surface area contributed by atoms with E-state index in [1.807, 2.05) is 0 Å². The minimum atomic E-state index is -0.635. The number of hydrogen-bond donors (Lipinski definition) is 0. The van der Waals surface area contributed by atoms with Gasteiger partial charge in [-0.15, -0.1) is 11.3 Å². The van der Waals surface area contributed by atoms with Crippen LogP contribution < -0.4 is 0 Å². The molecule has 0 atom stereocenters. The number of benzene rings is 4. The van der Waals surface area contributed by atoms with E-state index in [1.165, 1.54) is 0 Å². The zero-order chi connectivity index (χ0) is 30.1. The van der Waals surface area contributed by atoms with Crippen molar-refractivity contribution in [1.29, 1.82) is 0 Å². The number of thiophene rings is 1. The highest BCUT2D eigenvalue weighted by Crippen LogP contribution is 2.42. The SMILES string of the molecule is [2H]c1c([2H])c(-n2c3c([2H])c([2H])c([2H])c([2H])c3c3c([2H])c([2H])c4c(sc5c([2H])c([2H])c([2H])c([2H])c54)c32)c([2H])c([2H])c1Br. The van der Waals surface area contributed by atoms with Gasteiger partial charge in [-0.05, 0) is 36.3 Å². The summed E-state index contributed by atoms with van der Waals surface area (Å²) in [6.07, 6.45) is 0. The van der Waals surface area contributed by atoms with E-state index in [0.29, 0.717) is 0 Å². The van der Waals surface area contributed by atoms with E-state index in [-0.39, 0.29) is 58.2 Å². The molecule has 27 heavy (non-hydrogen) atoms. The van der Waals surface area contributed by atoms with Crippen molar-refractivity contribution in [2.24, 2.45) is 0 Å². The maximum atomic E-state index is 8.96. The van der Waals surface area contributed by atoms with Crippen LogP contribution in [-0.4, -0.2) is 4.57 Å². The lowest BCUT2D eigenvalue weighted by Crippen LogP contribution is -1.93. The van der Waals surface area contributed by atoms with Gasteiger partial charge in [0.1, 0.15) is 0 Å². The second-order valence-corrected chi connectivity index (χ2v) is 7.52. The van der Waals surface area contributed by atoms with E-state index < -0.39 is 78.6 Å². The largest absolute Gasteiger partial charge is 0.308 e. The number of hydrogen-bond acceptors (Lipinski definition) is 1. The molecule has 128 valence electrons. The van der Waals surface area contributed by atoms with E-state index in [0.717, 1.165) is 15.9 Å². The van der Waals surface area contributed by atoms with Gasteiger partial charge in [0.2, 0.25) is 0 Å². The van der Waals surface area contributed by atoms with Gasteiger partial charge in [0.05, 0.1) is 34.9 Å². The predicted molar refractivity (Wildman–Crippen MR) is 121 cm³/mol. The Bertz CT molecular complexity index is 2190. The summed E-state index contributed by atoms with van der Waals surface area (Å²) >= 11 is 3.93. The lowest BCUT2D eigenvalue weighted by Gasteiger charge is -2.08. The third-order valence-electron chi connectivity index (χ3n) is 4.27. The predicted octanol–water partition coefficient (Wildman–Crippen LogP) is 7.91. The molecule has 0 unspecified atom stereocenters. The first kappa shape index (κ1) is 7.08. The van der Waals surface area contributed by atoms with E-state index in [4.69, 9.17) is 19.2 Å². The summed E-state index contributed by atoms with van der Waals surface area (Å²) in [6.45, 7) is 0. The van der Waals surface area contributed by atoms with Crippen molar-refractivity contribution in [2.75, 3.05) is 0 Å². The molecule has 6 rings (SSSR count). The highest BCUT2D eigenvalue weighted by molar-refractivity contribution is 9.10. The quantitative estimate of drug-likeness (QED) is 0.244. The minimum absolute atomic E-state index is 0.0110. The van der Waals surface area contributed by atoms with Crippen LogP contribution in [0.1, 0.15) is 19.2 Å². The van der Waals surface area contributed by atoms with Gasteiger partial charge in [-0.3, -0.25) is 0 Å². The first-order chi connectivity index (χ1) is 19.1. The summed E-state index contributed by atoms with van der Waals surface area (Å²) in [5.74, 6) is 0. The van der Waals surface area contributed by atoms with Crippen molar-refractivity contribution < 1.29 is 19.2 Å². The van der Waals surface area contributed by atoms with Gasteiger partial charge in [-0.2, -0.15) is 0 Å². The monoisotopic (exact) mass is 441 g/mol. The van der Waals surface area contributed by atoms with Gasteiger partial charge in [0, 0.05) is 36.4 Å². The first-order valence-corrected chi connectivity index (χ1v) is 9.38. The molecule has 2 aromatic heterocycles. The standard InChI is InChI=1S/C24H14BrNS/c25-15-9-11-16(12-10-15)26-21-7-3-1-5-17(21)19-13-14-20-18-6-2-4-8-22(18)27-24(20)23(19)26/h1-14H/i1D,2D,3D,4D,5D,6D,7D,8D,9D,10D,11D,12D,13D,14D. The number of para-hydroxylation sites is 1. The Kier molecular flexibility index (Phi) is 1.49. The Labute approximate surface area is 188 Å². The van der Waals surface area contributed by atoms with Crippen LogP contribution in [0.15, 0.2) is 89.1 Å². The molecule has 0 N–H and O–H groups in total. The molecule has 0 aliphatic carbocycles. The van der Waals surface area contributed by atoms with Crippen molar-refractivity contribution in [2.45, 2.75) is 0 Å². The van der Waals surface area contributed by atoms with Crippen LogP contribution in [-0.2, 0) is 0 Å². The van der Waals surface area contributed by atoms with Crippen molar-refractivity contribution in [3.05, 3.63) is 89.1 Å². The second kappa shape index (κ2) is 5.69. The van der Waals surface area contributed by atoms with Crippen LogP contribution in [0.5, 0.6) is 0 Å². The van der Waals surface area contributed by atoms with E-state index in [9.17, 15) is 0 Å². The lowest BCUT2D eigenvalue weighted by molar-refractivity contribution is 1.19. The number of halogens is 1. The summed E-state index contributed by atoms with van der Waals surface area (Å²) in [7, 11) is 0. The van der Waals surface area contributed by atoms with Crippen LogP contribution in [0.2, 0.25) is 0 Å². The van der Waals surface area contributed by atoms with Gasteiger partial charge in [-0.1, -0.05) is 64.3 Å². The molecular formula is C24H14BrNS. The molecule has 4 aromatic carbocycles. The second-order valence-electron chi connectivity index (χ2n) is 5.71. The molecule has 0 saturated carbocycles. The molecule has 0 saturated heterocycles. The third kappa shape index (κ3) is 2.16. The van der Waals surface area contributed by atoms with E-state index >= 15 is 0 Å². The van der Waals surface area contributed by atoms with Gasteiger partial charge in [-0.25, -0.2) is 0 Å². The van der Waals surface area contributed by atoms with Crippen molar-refractivity contribution in [3.8, 4) is 5.69 Å². The van der Waals surface area contributed by atoms with Crippen LogP contribution in [0, 0.1) is 0 Å². The highest BCUT2D eigenvalue weighted by atomic mass is 79.9. The average molecular weight is 442 g/mol. The van der Waals surface area contributed by atoms with Gasteiger partial charge in [0.15, 0.2) is 0 Å². The fraction of sp³-hybridized carbons (Fsp3) is 0. The summed E-state index contributed by atoms with van der Waals surface area (Å²) in [6, 6.07) is -7.09. The van der Waals surface area contributed by atoms with Crippen molar-refractivity contribution in [1.82, 2.24) is 4.57 Å². The van der Waals surface area contributed by atoms with E-state index in [2.05, 4.69) is 15.9 Å². The van der Waals surface area contributed by atoms with Crippen LogP contribution in [0.4, 0.5) is 0 Å². The minimum Gasteiger partial charge on any atom is -0.308 e. The molecule has 0 fully saturated rings. The third-order valence-corrected chi connectivity index (χ3v) is 5.78. The topological polar surface area (TPSA) is 4.93 Å². The van der Waals surface area contributed by atoms with Crippen molar-refractivity contribution in [3.63, 3.8) is 0 Å². The number of nitrogens with zero attached hydrogens (tertiary/aromatic N) is 1. The molecule has 2 heterocycles. The number of fused-ring (bicyclic) bond motifs is 7. The molecule has 6 aromatic rings. The van der Waals surface area contributed by atoms with Crippen LogP contribution >= 0.6 is 27.3 Å². The number of rotatable bonds is 1. The molecule has 0 aliphatic heterocycles. The van der Waals surface area contributed by atoms with Gasteiger partial charge < -0.3 is 4.57 Å². The zero-order valence-electron chi connectivity index (χ0n) is 27.2. The lowest BCUT2D eigenvalue weighted by atomic mass is 10.1. The van der Waals surface area contributed by atoms with Gasteiger partial charge >= 0.3 is 0 Å². The Morgan fingerprint density at radius 2 is 1.41 bits per heavy atom. The van der Waals surface area contributed by atoms with Crippen LogP contribution in [0.3, 0.4) is 0 Å². The molecule has 0 bridgehead atoms. The molecule has 0 amide bonds. The maximum absolute atomic E-state index is 8.96. The average Bonchev–Trinajstić information content (AvgIpc) is 3.51. The molecule has 0 spiro atoms. The Morgan fingerprint density at radius 1 is 0.704 bits per heavy atom. The summed E-state index contributed by atoms with van der Waals surface area (Å²) in [5, 5.41) is -0.293. The Hall–Kier alpha value is -2.62. The molecule has 0 radical (unpaired) electrons. The Morgan fingerprint density at radius 3 is 2.26 bits per heavy atom. The molecular weight excluding hydrogens is 414 g/mol. The highest BCUT2D eigenvalue weighted by Gasteiger charge is 2.17. The molecule has 1 nitrogen and oxygen atoms in total. The zero-order valence-corrected chi connectivity index (χ0v) is 15.6. The number of aromatic nitrogens is 1. The fourth-order valence-electron chi connectivity index (χ4n) is 3.19. The smallest absolute Gasteiger partial charge is 0.0719 e. The normalized spacial score (nSPS) is 19.1.